The Hall–Kier alpha value is -1.04. The molecule has 0 spiro atoms. The van der Waals surface area contributed by atoms with Crippen LogP contribution < -0.4 is 0 Å². The molecule has 1 atom stereocenters. The van der Waals surface area contributed by atoms with Crippen LogP contribution in [0.5, 0.6) is 0 Å². The highest BCUT2D eigenvalue weighted by atomic mass is 35.5. The van der Waals surface area contributed by atoms with Crippen LogP contribution in [0.15, 0.2) is 0 Å². The Morgan fingerprint density at radius 2 is 2.04 bits per heavy atom. The van der Waals surface area contributed by atoms with Gasteiger partial charge in [-0.25, -0.2) is 9.50 Å². The number of alkyl halides is 6. The van der Waals surface area contributed by atoms with Gasteiger partial charge in [0, 0.05) is 33.0 Å². The summed E-state index contributed by atoms with van der Waals surface area (Å²) in [7, 11) is 1.53. The predicted octanol–water partition coefficient (Wildman–Crippen LogP) is 4.04. The molecule has 0 radical (unpaired) electrons. The molecular weight excluding hydrogens is 415 g/mol. The molecule has 0 N–H and O–H groups in total. The minimum Gasteiger partial charge on any atom is -0.384 e. The summed E-state index contributed by atoms with van der Waals surface area (Å²) in [5.41, 5.74) is -1.05. The number of imidazole rings is 1. The van der Waals surface area contributed by atoms with Crippen LogP contribution in [-0.4, -0.2) is 51.7 Å². The van der Waals surface area contributed by atoms with Gasteiger partial charge in [0.25, 0.3) is 0 Å². The fourth-order valence-electron chi connectivity index (χ4n) is 3.25. The first kappa shape index (κ1) is 20.7. The van der Waals surface area contributed by atoms with E-state index in [-0.39, 0.29) is 29.7 Å². The van der Waals surface area contributed by atoms with Gasteiger partial charge in [0.15, 0.2) is 5.69 Å². The number of rotatable bonds is 7. The lowest BCUT2D eigenvalue weighted by Crippen LogP contribution is -2.24. The summed E-state index contributed by atoms with van der Waals surface area (Å²) in [6.45, 7) is 1.02. The number of ether oxygens (including phenoxy) is 1. The molecule has 12 heteroatoms. The van der Waals surface area contributed by atoms with Crippen molar-refractivity contribution in [3.05, 3.63) is 16.4 Å². The van der Waals surface area contributed by atoms with E-state index in [0.717, 1.165) is 11.3 Å². The van der Waals surface area contributed by atoms with Crippen molar-refractivity contribution in [2.75, 3.05) is 26.8 Å². The molecule has 1 unspecified atom stereocenters. The molecule has 0 bridgehead atoms. The molecular formula is C15H18ClF5N4OS. The van der Waals surface area contributed by atoms with E-state index < -0.39 is 23.7 Å². The zero-order valence-electron chi connectivity index (χ0n) is 14.4. The molecule has 0 aromatic carbocycles. The summed E-state index contributed by atoms with van der Waals surface area (Å²) in [6.07, 6.45) is -4.17. The summed E-state index contributed by atoms with van der Waals surface area (Å²) in [4.78, 5) is 5.59. The summed E-state index contributed by atoms with van der Waals surface area (Å²) in [5.74, 6) is -0.358. The zero-order valence-corrected chi connectivity index (χ0v) is 16.0. The maximum absolute atomic E-state index is 13.4. The molecule has 0 amide bonds. The smallest absolute Gasteiger partial charge is 0.384 e. The Kier molecular flexibility index (Phi) is 5.95. The average molecular weight is 433 g/mol. The van der Waals surface area contributed by atoms with Crippen molar-refractivity contribution in [1.82, 2.24) is 19.5 Å². The summed E-state index contributed by atoms with van der Waals surface area (Å²) < 4.78 is 72.3. The maximum Gasteiger partial charge on any atom is 0.435 e. The molecule has 1 aliphatic heterocycles. The van der Waals surface area contributed by atoms with E-state index in [0.29, 0.717) is 31.0 Å². The van der Waals surface area contributed by atoms with Crippen LogP contribution in [0.3, 0.4) is 0 Å². The van der Waals surface area contributed by atoms with Gasteiger partial charge >= 0.3 is 11.6 Å². The zero-order chi connectivity index (χ0) is 19.8. The van der Waals surface area contributed by atoms with E-state index in [1.54, 1.807) is 4.90 Å². The van der Waals surface area contributed by atoms with Gasteiger partial charge in [0.1, 0.15) is 5.01 Å². The van der Waals surface area contributed by atoms with E-state index in [1.165, 1.54) is 11.6 Å². The molecule has 0 aliphatic carbocycles. The number of fused-ring (bicyclic) bond motifs is 1. The van der Waals surface area contributed by atoms with Gasteiger partial charge in [-0.3, -0.25) is 4.90 Å². The number of hydrogen-bond donors (Lipinski definition) is 0. The lowest BCUT2D eigenvalue weighted by molar-refractivity contribution is -0.141. The van der Waals surface area contributed by atoms with Crippen LogP contribution in [0.2, 0.25) is 0 Å². The molecule has 3 heterocycles. The first-order chi connectivity index (χ1) is 12.6. The number of likely N-dealkylation sites (tertiary alicyclic amines) is 1. The van der Waals surface area contributed by atoms with Gasteiger partial charge in [-0.15, -0.1) is 0 Å². The number of aromatic nitrogens is 3. The molecule has 1 saturated heterocycles. The lowest BCUT2D eigenvalue weighted by Gasteiger charge is -2.17. The van der Waals surface area contributed by atoms with Crippen molar-refractivity contribution in [2.24, 2.45) is 5.92 Å². The maximum atomic E-state index is 13.4. The van der Waals surface area contributed by atoms with Crippen molar-refractivity contribution < 1.29 is 26.7 Å². The van der Waals surface area contributed by atoms with Crippen LogP contribution >= 0.6 is 22.9 Å². The van der Waals surface area contributed by atoms with Crippen LogP contribution in [0, 0.1) is 5.92 Å². The lowest BCUT2D eigenvalue weighted by atomic mass is 10.1. The van der Waals surface area contributed by atoms with Crippen LogP contribution in [0.4, 0.5) is 22.0 Å². The molecule has 27 heavy (non-hydrogen) atoms. The van der Waals surface area contributed by atoms with Crippen LogP contribution in [0.1, 0.15) is 29.2 Å². The van der Waals surface area contributed by atoms with Gasteiger partial charge in [0.2, 0.25) is 4.96 Å². The third-order valence-electron chi connectivity index (χ3n) is 4.39. The largest absolute Gasteiger partial charge is 0.435 e. The molecule has 152 valence electrons. The third-order valence-corrected chi connectivity index (χ3v) is 5.51. The van der Waals surface area contributed by atoms with Crippen molar-refractivity contribution in [1.29, 1.82) is 0 Å². The fourth-order valence-corrected chi connectivity index (χ4v) is 4.36. The molecule has 1 fully saturated rings. The molecule has 2 aromatic rings. The van der Waals surface area contributed by atoms with Crippen molar-refractivity contribution >= 4 is 27.9 Å². The predicted molar refractivity (Wildman–Crippen MR) is 90.2 cm³/mol. The second-order valence-corrected chi connectivity index (χ2v) is 8.14. The fraction of sp³-hybridized carbons (Fsp3) is 0.733. The Morgan fingerprint density at radius 3 is 2.67 bits per heavy atom. The van der Waals surface area contributed by atoms with E-state index in [2.05, 4.69) is 10.1 Å². The summed E-state index contributed by atoms with van der Waals surface area (Å²) >= 11 is 6.06. The SMILES string of the molecule is COCCc1nn2c(CN3CCC(CC(F)(F)Cl)C3)c(C(F)(F)F)nc2s1. The Labute approximate surface area is 161 Å². The van der Waals surface area contributed by atoms with E-state index in [4.69, 9.17) is 16.3 Å². The normalized spacial score (nSPS) is 19.4. The molecule has 5 nitrogen and oxygen atoms in total. The third kappa shape index (κ3) is 5.07. The summed E-state index contributed by atoms with van der Waals surface area (Å²) in [6, 6.07) is 0. The van der Waals surface area contributed by atoms with Crippen LogP contribution in [-0.2, 0) is 23.9 Å². The standard InChI is InChI=1S/C15H18ClF5N4OS/c1-26-5-3-11-23-25-10(12(15(19,20)21)22-13(25)27-11)8-24-4-2-9(7-24)6-14(16,17)18/h9H,2-8H2,1H3. The topological polar surface area (TPSA) is 42.7 Å². The second kappa shape index (κ2) is 7.76. The van der Waals surface area contributed by atoms with Crippen molar-refractivity contribution in [3.8, 4) is 0 Å². The first-order valence-electron chi connectivity index (χ1n) is 8.29. The van der Waals surface area contributed by atoms with Crippen molar-refractivity contribution in [2.45, 2.75) is 37.4 Å². The Morgan fingerprint density at radius 1 is 1.30 bits per heavy atom. The Bertz CT molecular complexity index is 788. The molecule has 2 aromatic heterocycles. The monoisotopic (exact) mass is 432 g/mol. The van der Waals surface area contributed by atoms with Gasteiger partial charge in [-0.1, -0.05) is 11.3 Å². The number of hydrogen-bond acceptors (Lipinski definition) is 5. The highest BCUT2D eigenvalue weighted by Gasteiger charge is 2.40. The molecule has 1 aliphatic rings. The highest BCUT2D eigenvalue weighted by molar-refractivity contribution is 7.16. The number of nitrogens with zero attached hydrogens (tertiary/aromatic N) is 4. The Balaban J connectivity index is 1.82. The molecule has 3 rings (SSSR count). The number of halogens is 6. The number of methoxy groups -OCH3 is 1. The quantitative estimate of drug-likeness (QED) is 0.489. The minimum absolute atomic E-state index is 0.0617. The minimum atomic E-state index is -4.61. The summed E-state index contributed by atoms with van der Waals surface area (Å²) in [5, 5.41) is 1.55. The molecule has 0 saturated carbocycles. The van der Waals surface area contributed by atoms with Gasteiger partial charge in [-0.05, 0) is 30.5 Å². The second-order valence-electron chi connectivity index (χ2n) is 6.55. The van der Waals surface area contributed by atoms with E-state index in [9.17, 15) is 22.0 Å². The van der Waals surface area contributed by atoms with Gasteiger partial charge in [0.05, 0.1) is 12.3 Å². The van der Waals surface area contributed by atoms with E-state index in [1.807, 2.05) is 0 Å². The van der Waals surface area contributed by atoms with Gasteiger partial charge in [-0.2, -0.15) is 27.1 Å². The average Bonchev–Trinajstić information content (AvgIpc) is 3.19. The van der Waals surface area contributed by atoms with Crippen molar-refractivity contribution in [3.63, 3.8) is 0 Å². The van der Waals surface area contributed by atoms with E-state index >= 15 is 0 Å². The van der Waals surface area contributed by atoms with Crippen LogP contribution in [0.25, 0.3) is 4.96 Å². The first-order valence-corrected chi connectivity index (χ1v) is 9.49. The van der Waals surface area contributed by atoms with Gasteiger partial charge < -0.3 is 4.74 Å². The highest BCUT2D eigenvalue weighted by Crippen LogP contribution is 2.36.